The third kappa shape index (κ3) is 4.07. The summed E-state index contributed by atoms with van der Waals surface area (Å²) in [5.74, 6) is -0.143. The van der Waals surface area contributed by atoms with Gasteiger partial charge in [-0.2, -0.15) is 18.2 Å². The number of rotatable bonds is 4. The fourth-order valence-electron chi connectivity index (χ4n) is 3.22. The van der Waals surface area contributed by atoms with Crippen LogP contribution in [0.1, 0.15) is 24.6 Å². The molecule has 6 nitrogen and oxygen atoms in total. The summed E-state index contributed by atoms with van der Waals surface area (Å²) in [5, 5.41) is 3.81. The van der Waals surface area contributed by atoms with E-state index >= 15 is 0 Å². The van der Waals surface area contributed by atoms with E-state index < -0.39 is 26.1 Å². The summed E-state index contributed by atoms with van der Waals surface area (Å²) in [6.45, 7) is 2.32. The Morgan fingerprint density at radius 3 is 2.70 bits per heavy atom. The van der Waals surface area contributed by atoms with E-state index in [2.05, 4.69) is 10.1 Å². The van der Waals surface area contributed by atoms with Crippen LogP contribution in [-0.2, 0) is 16.3 Å². The minimum absolute atomic E-state index is 0.00208. The van der Waals surface area contributed by atoms with E-state index in [1.807, 2.05) is 0 Å². The van der Waals surface area contributed by atoms with E-state index in [4.69, 9.17) is 4.52 Å². The number of sulfone groups is 1. The molecule has 27 heavy (non-hydrogen) atoms. The van der Waals surface area contributed by atoms with Crippen molar-refractivity contribution in [2.75, 3.05) is 18.0 Å². The van der Waals surface area contributed by atoms with Gasteiger partial charge in [0.1, 0.15) is 10.7 Å². The lowest BCUT2D eigenvalue weighted by Gasteiger charge is -2.35. The van der Waals surface area contributed by atoms with Crippen LogP contribution in [-0.4, -0.2) is 37.2 Å². The first-order valence-corrected chi connectivity index (χ1v) is 9.71. The van der Waals surface area contributed by atoms with Crippen LogP contribution in [0.15, 0.2) is 27.6 Å². The Morgan fingerprint density at radius 2 is 2.07 bits per heavy atom. The molecule has 1 aliphatic rings. The van der Waals surface area contributed by atoms with Crippen molar-refractivity contribution in [3.8, 4) is 0 Å². The third-order valence-electron chi connectivity index (χ3n) is 4.42. The molecule has 2 heterocycles. The van der Waals surface area contributed by atoms with Crippen molar-refractivity contribution >= 4 is 15.5 Å². The van der Waals surface area contributed by atoms with E-state index in [0.717, 1.165) is 18.6 Å². The number of halogens is 4. The van der Waals surface area contributed by atoms with Gasteiger partial charge in [0.15, 0.2) is 5.82 Å². The molecule has 1 aromatic carbocycles. The van der Waals surface area contributed by atoms with Crippen molar-refractivity contribution < 1.29 is 30.5 Å². The van der Waals surface area contributed by atoms with Crippen LogP contribution in [0.4, 0.5) is 23.2 Å². The van der Waals surface area contributed by atoms with Crippen molar-refractivity contribution in [1.29, 1.82) is 0 Å². The number of aromatic nitrogens is 2. The zero-order chi connectivity index (χ0) is 19.8. The van der Waals surface area contributed by atoms with Crippen molar-refractivity contribution in [2.45, 2.75) is 36.6 Å². The van der Waals surface area contributed by atoms with Crippen molar-refractivity contribution in [2.24, 2.45) is 5.92 Å². The van der Waals surface area contributed by atoms with Gasteiger partial charge < -0.3 is 9.42 Å². The van der Waals surface area contributed by atoms with Gasteiger partial charge in [0.25, 0.3) is 9.84 Å². The van der Waals surface area contributed by atoms with Gasteiger partial charge in [-0.05, 0) is 37.0 Å². The minimum Gasteiger partial charge on any atom is -0.370 e. The summed E-state index contributed by atoms with van der Waals surface area (Å²) in [5.41, 5.74) is -5.66. The van der Waals surface area contributed by atoms with Crippen molar-refractivity contribution in [3.63, 3.8) is 0 Å². The molecule has 0 spiro atoms. The van der Waals surface area contributed by atoms with Gasteiger partial charge in [0.2, 0.25) is 5.89 Å². The SMILES string of the molecule is Cc1nc(CC2CCCN(c3ccc(F)cc3S(=O)(=O)C(F)(F)F)C2)no1. The second-order valence-electron chi connectivity index (χ2n) is 6.45. The van der Waals surface area contributed by atoms with Crippen LogP contribution in [0.5, 0.6) is 0 Å². The van der Waals surface area contributed by atoms with Crippen LogP contribution in [0.25, 0.3) is 0 Å². The number of hydrogen-bond acceptors (Lipinski definition) is 6. The van der Waals surface area contributed by atoms with Gasteiger partial charge >= 0.3 is 5.51 Å². The molecule has 0 N–H and O–H groups in total. The summed E-state index contributed by atoms with van der Waals surface area (Å²) < 4.78 is 81.2. The van der Waals surface area contributed by atoms with Crippen molar-refractivity contribution in [1.82, 2.24) is 10.1 Å². The highest BCUT2D eigenvalue weighted by Gasteiger charge is 2.48. The zero-order valence-corrected chi connectivity index (χ0v) is 15.1. The average molecular weight is 407 g/mol. The maximum atomic E-state index is 13.5. The summed E-state index contributed by atoms with van der Waals surface area (Å²) in [4.78, 5) is 4.59. The lowest BCUT2D eigenvalue weighted by atomic mass is 9.94. The van der Waals surface area contributed by atoms with Crippen LogP contribution < -0.4 is 4.90 Å². The van der Waals surface area contributed by atoms with Gasteiger partial charge in [-0.25, -0.2) is 12.8 Å². The Labute approximate surface area is 153 Å². The van der Waals surface area contributed by atoms with Crippen LogP contribution in [0, 0.1) is 18.7 Å². The molecule has 3 rings (SSSR count). The van der Waals surface area contributed by atoms with Crippen LogP contribution in [0.2, 0.25) is 0 Å². The quantitative estimate of drug-likeness (QED) is 0.724. The van der Waals surface area contributed by atoms with E-state index in [1.54, 1.807) is 11.8 Å². The highest BCUT2D eigenvalue weighted by atomic mass is 32.2. The molecule has 2 aromatic rings. The van der Waals surface area contributed by atoms with Gasteiger partial charge in [-0.3, -0.25) is 0 Å². The monoisotopic (exact) mass is 407 g/mol. The Bertz CT molecular complexity index is 927. The molecule has 1 aliphatic heterocycles. The number of aryl methyl sites for hydroxylation is 1. The number of hydrogen-bond donors (Lipinski definition) is 0. The van der Waals surface area contributed by atoms with Gasteiger partial charge in [0, 0.05) is 26.4 Å². The predicted molar refractivity (Wildman–Crippen MR) is 87.3 cm³/mol. The second-order valence-corrected chi connectivity index (χ2v) is 8.36. The fourth-order valence-corrected chi connectivity index (χ4v) is 4.21. The Balaban J connectivity index is 1.89. The molecule has 0 aliphatic carbocycles. The predicted octanol–water partition coefficient (Wildman–Crippen LogP) is 3.27. The lowest BCUT2D eigenvalue weighted by Crippen LogP contribution is -2.38. The minimum atomic E-state index is -5.67. The van der Waals surface area contributed by atoms with E-state index in [-0.39, 0.29) is 11.6 Å². The molecular formula is C16H17F4N3O3S. The summed E-state index contributed by atoms with van der Waals surface area (Å²) in [7, 11) is -5.67. The molecule has 0 radical (unpaired) electrons. The highest BCUT2D eigenvalue weighted by molar-refractivity contribution is 7.92. The smallest absolute Gasteiger partial charge is 0.370 e. The summed E-state index contributed by atoms with van der Waals surface area (Å²) in [6.07, 6.45) is 1.88. The molecule has 148 valence electrons. The standard InChI is InChI=1S/C16H17F4N3O3S/c1-10-21-15(22-26-10)7-11-3-2-6-23(9-11)13-5-4-12(17)8-14(13)27(24,25)16(18,19)20/h4-5,8,11H,2-3,6-7,9H2,1H3. The van der Waals surface area contributed by atoms with Crippen LogP contribution in [0.3, 0.4) is 0 Å². The number of anilines is 1. The summed E-state index contributed by atoms with van der Waals surface area (Å²) in [6, 6.07) is 2.45. The molecule has 1 atom stereocenters. The first-order chi connectivity index (χ1) is 12.6. The zero-order valence-electron chi connectivity index (χ0n) is 14.3. The third-order valence-corrected chi connectivity index (χ3v) is 5.93. The maximum Gasteiger partial charge on any atom is 0.501 e. The molecule has 11 heteroatoms. The van der Waals surface area contributed by atoms with Crippen LogP contribution >= 0.6 is 0 Å². The van der Waals surface area contributed by atoms with Gasteiger partial charge in [-0.15, -0.1) is 0 Å². The number of benzene rings is 1. The lowest BCUT2D eigenvalue weighted by molar-refractivity contribution is -0.0435. The molecule has 1 unspecified atom stereocenters. The first kappa shape index (κ1) is 19.6. The second kappa shape index (κ2) is 7.10. The molecule has 1 fully saturated rings. The topological polar surface area (TPSA) is 76.3 Å². The fraction of sp³-hybridized carbons (Fsp3) is 0.500. The molecular weight excluding hydrogens is 390 g/mol. The molecule has 0 bridgehead atoms. The molecule has 0 saturated carbocycles. The Morgan fingerprint density at radius 1 is 1.33 bits per heavy atom. The Hall–Kier alpha value is -2.17. The van der Waals surface area contributed by atoms with E-state index in [9.17, 15) is 26.0 Å². The highest BCUT2D eigenvalue weighted by Crippen LogP contribution is 2.37. The van der Waals surface area contributed by atoms with Crippen molar-refractivity contribution in [3.05, 3.63) is 35.7 Å². The summed E-state index contributed by atoms with van der Waals surface area (Å²) >= 11 is 0. The largest absolute Gasteiger partial charge is 0.501 e. The number of alkyl halides is 3. The van der Waals surface area contributed by atoms with Gasteiger partial charge in [-0.1, -0.05) is 5.16 Å². The molecule has 1 saturated heterocycles. The first-order valence-electron chi connectivity index (χ1n) is 8.23. The van der Waals surface area contributed by atoms with E-state index in [0.29, 0.717) is 43.7 Å². The number of piperidine rings is 1. The normalized spacial score (nSPS) is 18.7. The maximum absolute atomic E-state index is 13.5. The Kier molecular flexibility index (Phi) is 5.15. The molecule has 0 amide bonds. The van der Waals surface area contributed by atoms with E-state index in [1.165, 1.54) is 0 Å². The number of nitrogens with zero attached hydrogens (tertiary/aromatic N) is 3. The molecule has 1 aromatic heterocycles. The van der Waals surface area contributed by atoms with Gasteiger partial charge in [0.05, 0.1) is 5.69 Å². The average Bonchev–Trinajstić information content (AvgIpc) is 2.99.